The molecule has 49 heavy (non-hydrogen) atoms. The largest absolute Gasteiger partial charge is 0.455 e. The van der Waals surface area contributed by atoms with Crippen LogP contribution in [-0.2, 0) is 0 Å². The molecule has 10 rings (SSSR count). The molecule has 0 fully saturated rings. The van der Waals surface area contributed by atoms with E-state index in [1.165, 1.54) is 32.3 Å². The second-order valence-electron chi connectivity index (χ2n) is 12.6. The molecule has 9 aromatic rings. The number of para-hydroxylation sites is 1. The number of nitrogens with one attached hydrogen (secondary N) is 1. The highest BCUT2D eigenvalue weighted by Crippen LogP contribution is 2.41. The summed E-state index contributed by atoms with van der Waals surface area (Å²) in [5.41, 5.74) is 6.93. The Bertz CT molecular complexity index is 2810. The van der Waals surface area contributed by atoms with Crippen LogP contribution in [0.25, 0.3) is 65.4 Å². The molecule has 0 bridgehead atoms. The van der Waals surface area contributed by atoms with Crippen molar-refractivity contribution >= 4 is 65.9 Å². The quantitative estimate of drug-likeness (QED) is 0.197. The minimum atomic E-state index is -0.380. The molecule has 4 heteroatoms. The highest BCUT2D eigenvalue weighted by atomic mass is 16.3. The summed E-state index contributed by atoms with van der Waals surface area (Å²) in [6, 6.07) is 57.5. The zero-order chi connectivity index (χ0) is 32.3. The standard InChI is InChI=1S/C45H29N3O/c1-2-12-31(13-3-1)43-46-44(34-25-20-28-10-4-5-14-32(28)26-34)48-45(47-43)38-18-9-19-40-41(38)37-17-8-16-36(42(37)49-40)33-24-23-30-22-21-29-11-6-7-15-35(29)39(30)27-33/h1-27,45H,(H,46,47,48). The summed E-state index contributed by atoms with van der Waals surface area (Å²) in [7, 11) is 0. The molecule has 2 heterocycles. The van der Waals surface area contributed by atoms with E-state index in [4.69, 9.17) is 14.4 Å². The van der Waals surface area contributed by atoms with Crippen molar-refractivity contribution in [3.63, 3.8) is 0 Å². The molecule has 4 nitrogen and oxygen atoms in total. The monoisotopic (exact) mass is 627 g/mol. The third-order valence-corrected chi connectivity index (χ3v) is 9.70. The number of furan rings is 1. The molecular formula is C45H29N3O. The lowest BCUT2D eigenvalue weighted by molar-refractivity contribution is 0.663. The van der Waals surface area contributed by atoms with Crippen LogP contribution in [0.4, 0.5) is 0 Å². The van der Waals surface area contributed by atoms with E-state index in [0.29, 0.717) is 5.84 Å². The predicted molar refractivity (Wildman–Crippen MR) is 204 cm³/mol. The maximum atomic E-state index is 6.73. The minimum Gasteiger partial charge on any atom is -0.455 e. The Morgan fingerprint density at radius 3 is 2.08 bits per heavy atom. The highest BCUT2D eigenvalue weighted by molar-refractivity contribution is 6.16. The maximum Gasteiger partial charge on any atom is 0.159 e. The molecule has 1 atom stereocenters. The maximum absolute atomic E-state index is 6.73. The Labute approximate surface area is 282 Å². The van der Waals surface area contributed by atoms with Gasteiger partial charge in [0.05, 0.1) is 0 Å². The van der Waals surface area contributed by atoms with E-state index in [0.717, 1.165) is 55.6 Å². The third kappa shape index (κ3) is 4.61. The first-order valence-electron chi connectivity index (χ1n) is 16.6. The van der Waals surface area contributed by atoms with Gasteiger partial charge in [0.15, 0.2) is 5.84 Å². The second kappa shape index (κ2) is 11.0. The number of hydrogen-bond donors (Lipinski definition) is 1. The molecular weight excluding hydrogens is 599 g/mol. The van der Waals surface area contributed by atoms with Crippen molar-refractivity contribution in [1.82, 2.24) is 5.32 Å². The normalized spacial score (nSPS) is 14.7. The first-order valence-corrected chi connectivity index (χ1v) is 16.6. The Hall–Kier alpha value is -6.52. The summed E-state index contributed by atoms with van der Waals surface area (Å²) in [6.07, 6.45) is -0.380. The number of amidine groups is 2. The highest BCUT2D eigenvalue weighted by Gasteiger charge is 2.25. The van der Waals surface area contributed by atoms with Crippen LogP contribution in [0.5, 0.6) is 0 Å². The van der Waals surface area contributed by atoms with Crippen molar-refractivity contribution in [2.24, 2.45) is 9.98 Å². The summed E-state index contributed by atoms with van der Waals surface area (Å²) >= 11 is 0. The van der Waals surface area contributed by atoms with Crippen LogP contribution in [0.15, 0.2) is 178 Å². The third-order valence-electron chi connectivity index (χ3n) is 9.70. The van der Waals surface area contributed by atoms with E-state index in [1.54, 1.807) is 0 Å². The molecule has 1 aliphatic rings. The zero-order valence-electron chi connectivity index (χ0n) is 26.5. The van der Waals surface area contributed by atoms with Crippen LogP contribution in [0.1, 0.15) is 22.9 Å². The molecule has 0 saturated heterocycles. The van der Waals surface area contributed by atoms with Gasteiger partial charge in [-0.2, -0.15) is 0 Å². The molecule has 1 N–H and O–H groups in total. The Kier molecular flexibility index (Phi) is 6.21. The topological polar surface area (TPSA) is 49.9 Å². The van der Waals surface area contributed by atoms with E-state index in [2.05, 4.69) is 151 Å². The van der Waals surface area contributed by atoms with Gasteiger partial charge in [-0.05, 0) is 56.1 Å². The molecule has 230 valence electrons. The zero-order valence-corrected chi connectivity index (χ0v) is 26.5. The van der Waals surface area contributed by atoms with Crippen molar-refractivity contribution in [3.8, 4) is 11.1 Å². The first kappa shape index (κ1) is 27.6. The molecule has 1 unspecified atom stereocenters. The summed E-state index contributed by atoms with van der Waals surface area (Å²) in [5, 5.41) is 13.1. The second-order valence-corrected chi connectivity index (χ2v) is 12.6. The smallest absolute Gasteiger partial charge is 0.159 e. The minimum absolute atomic E-state index is 0.380. The Morgan fingerprint density at radius 2 is 1.18 bits per heavy atom. The number of nitrogens with zero attached hydrogens (tertiary/aromatic N) is 2. The molecule has 0 saturated carbocycles. The fraction of sp³-hybridized carbons (Fsp3) is 0.0222. The lowest BCUT2D eigenvalue weighted by Crippen LogP contribution is -2.33. The van der Waals surface area contributed by atoms with Gasteiger partial charge in [0, 0.05) is 33.0 Å². The number of fused-ring (bicyclic) bond motifs is 7. The van der Waals surface area contributed by atoms with Gasteiger partial charge in [-0.1, -0.05) is 146 Å². The molecule has 1 aromatic heterocycles. The summed E-state index contributed by atoms with van der Waals surface area (Å²) in [6.45, 7) is 0. The van der Waals surface area contributed by atoms with Gasteiger partial charge < -0.3 is 9.73 Å². The summed E-state index contributed by atoms with van der Waals surface area (Å²) in [5.74, 6) is 1.49. The van der Waals surface area contributed by atoms with Gasteiger partial charge in [0.1, 0.15) is 23.2 Å². The van der Waals surface area contributed by atoms with Crippen LogP contribution in [0, 0.1) is 0 Å². The van der Waals surface area contributed by atoms with Crippen molar-refractivity contribution in [2.75, 3.05) is 0 Å². The van der Waals surface area contributed by atoms with Crippen molar-refractivity contribution < 1.29 is 4.42 Å². The van der Waals surface area contributed by atoms with Gasteiger partial charge in [0.2, 0.25) is 0 Å². The van der Waals surface area contributed by atoms with Crippen molar-refractivity contribution in [1.29, 1.82) is 0 Å². The van der Waals surface area contributed by atoms with E-state index >= 15 is 0 Å². The van der Waals surface area contributed by atoms with Gasteiger partial charge in [-0.3, -0.25) is 0 Å². The van der Waals surface area contributed by atoms with Crippen LogP contribution in [-0.4, -0.2) is 11.7 Å². The lowest BCUT2D eigenvalue weighted by atomic mass is 9.95. The Balaban J connectivity index is 1.13. The number of rotatable bonds is 4. The van der Waals surface area contributed by atoms with Crippen LogP contribution in [0.3, 0.4) is 0 Å². The van der Waals surface area contributed by atoms with Crippen LogP contribution >= 0.6 is 0 Å². The van der Waals surface area contributed by atoms with Crippen molar-refractivity contribution in [3.05, 3.63) is 180 Å². The fourth-order valence-corrected chi connectivity index (χ4v) is 7.31. The van der Waals surface area contributed by atoms with E-state index < -0.39 is 0 Å². The molecule has 1 aliphatic heterocycles. The molecule has 0 spiro atoms. The van der Waals surface area contributed by atoms with Gasteiger partial charge >= 0.3 is 0 Å². The average Bonchev–Trinajstić information content (AvgIpc) is 3.57. The number of hydrogen-bond acceptors (Lipinski definition) is 4. The lowest BCUT2D eigenvalue weighted by Gasteiger charge is -2.24. The number of benzene rings is 8. The van der Waals surface area contributed by atoms with Gasteiger partial charge in [-0.15, -0.1) is 0 Å². The van der Waals surface area contributed by atoms with Gasteiger partial charge in [-0.25, -0.2) is 9.98 Å². The molecule has 0 radical (unpaired) electrons. The number of aliphatic imine (C=N–C) groups is 2. The SMILES string of the molecule is c1ccc(C2=NC(c3cccc4oc5c(-c6ccc7ccc8ccccc8c7c6)cccc5c34)NC(c3ccc4ccccc4c3)=N2)cc1. The molecule has 0 aliphatic carbocycles. The van der Waals surface area contributed by atoms with Gasteiger partial charge in [0.25, 0.3) is 0 Å². The molecule has 0 amide bonds. The first-order chi connectivity index (χ1) is 24.3. The van der Waals surface area contributed by atoms with E-state index in [1.807, 2.05) is 18.2 Å². The van der Waals surface area contributed by atoms with E-state index in [9.17, 15) is 0 Å². The van der Waals surface area contributed by atoms with Crippen molar-refractivity contribution in [2.45, 2.75) is 6.17 Å². The molecule has 8 aromatic carbocycles. The van der Waals surface area contributed by atoms with Crippen LogP contribution < -0.4 is 5.32 Å². The predicted octanol–water partition coefficient (Wildman–Crippen LogP) is 11.2. The Morgan fingerprint density at radius 1 is 0.490 bits per heavy atom. The fourth-order valence-electron chi connectivity index (χ4n) is 7.31. The summed E-state index contributed by atoms with van der Waals surface area (Å²) in [4.78, 5) is 10.3. The van der Waals surface area contributed by atoms with Crippen LogP contribution in [0.2, 0.25) is 0 Å². The van der Waals surface area contributed by atoms with E-state index in [-0.39, 0.29) is 6.17 Å². The summed E-state index contributed by atoms with van der Waals surface area (Å²) < 4.78 is 6.73. The average molecular weight is 628 g/mol.